The quantitative estimate of drug-likeness (QED) is 0.298. The van der Waals surface area contributed by atoms with Gasteiger partial charge in [-0.05, 0) is 61.1 Å². The third-order valence-electron chi connectivity index (χ3n) is 6.94. The zero-order chi connectivity index (χ0) is 29.1. The largest absolute Gasteiger partial charge is 0.444 e. The second-order valence-electron chi connectivity index (χ2n) is 11.9. The van der Waals surface area contributed by atoms with Gasteiger partial charge in [-0.3, -0.25) is 4.79 Å². The molecule has 9 heteroatoms. The molecule has 0 aliphatic carbocycles. The molecule has 9 nitrogen and oxygen atoms in total. The highest BCUT2D eigenvalue weighted by atomic mass is 16.6. The highest BCUT2D eigenvalue weighted by Crippen LogP contribution is 2.28. The van der Waals surface area contributed by atoms with E-state index in [-0.39, 0.29) is 17.7 Å². The van der Waals surface area contributed by atoms with Gasteiger partial charge in [0.2, 0.25) is 5.89 Å². The number of benzene rings is 2. The molecule has 0 N–H and O–H groups in total. The number of oxazole rings is 1. The average Bonchev–Trinajstić information content (AvgIpc) is 3.39. The Bertz CT molecular complexity index is 1540. The Morgan fingerprint density at radius 1 is 0.951 bits per heavy atom. The lowest BCUT2D eigenvalue weighted by Gasteiger charge is -2.35. The number of hydrogen-bond acceptors (Lipinski definition) is 7. The van der Waals surface area contributed by atoms with Crippen molar-refractivity contribution in [2.75, 3.05) is 26.2 Å². The summed E-state index contributed by atoms with van der Waals surface area (Å²) in [6.45, 7) is 11.3. The molecule has 2 amide bonds. The summed E-state index contributed by atoms with van der Waals surface area (Å²) in [6.07, 6.45) is 2.62. The van der Waals surface area contributed by atoms with Gasteiger partial charge >= 0.3 is 6.09 Å². The van der Waals surface area contributed by atoms with Crippen LogP contribution in [0.25, 0.3) is 22.4 Å². The van der Waals surface area contributed by atoms with Crippen LogP contribution in [0.5, 0.6) is 0 Å². The molecule has 0 spiro atoms. The van der Waals surface area contributed by atoms with Crippen molar-refractivity contribution in [1.29, 1.82) is 0 Å². The second-order valence-corrected chi connectivity index (χ2v) is 11.9. The first-order valence-electron chi connectivity index (χ1n) is 14.1. The van der Waals surface area contributed by atoms with Gasteiger partial charge in [0.05, 0.1) is 5.69 Å². The molecule has 5 rings (SSSR count). The van der Waals surface area contributed by atoms with E-state index in [1.165, 1.54) is 0 Å². The SMILES string of the molecule is CC(C)Cc1coc(-c2nnc(C(=O)N3CCN(C(=O)OC(C)(C)C)CC3)cc2Cc2cccc3ccccc23)n1. The third kappa shape index (κ3) is 6.73. The summed E-state index contributed by atoms with van der Waals surface area (Å²) in [5.41, 5.74) is 2.99. The minimum atomic E-state index is -0.569. The topological polar surface area (TPSA) is 102 Å². The van der Waals surface area contributed by atoms with Crippen LogP contribution in [0.3, 0.4) is 0 Å². The van der Waals surface area contributed by atoms with Gasteiger partial charge in [-0.2, -0.15) is 0 Å². The summed E-state index contributed by atoms with van der Waals surface area (Å²) < 4.78 is 11.3. The zero-order valence-corrected chi connectivity index (χ0v) is 24.4. The molecule has 0 radical (unpaired) electrons. The molecule has 1 fully saturated rings. The van der Waals surface area contributed by atoms with Crippen molar-refractivity contribution in [3.63, 3.8) is 0 Å². The number of carbonyl (C=O) groups excluding carboxylic acids is 2. The maximum absolute atomic E-state index is 13.5. The highest BCUT2D eigenvalue weighted by Gasteiger charge is 2.29. The highest BCUT2D eigenvalue weighted by molar-refractivity contribution is 5.93. The molecule has 1 aliphatic rings. The first-order chi connectivity index (χ1) is 19.6. The van der Waals surface area contributed by atoms with Crippen LogP contribution < -0.4 is 0 Å². The number of aromatic nitrogens is 3. The Kier molecular flexibility index (Phi) is 8.06. The van der Waals surface area contributed by atoms with Crippen molar-refractivity contribution in [1.82, 2.24) is 25.0 Å². The average molecular weight is 556 g/mol. The second kappa shape index (κ2) is 11.7. The van der Waals surface area contributed by atoms with Crippen LogP contribution in [0.15, 0.2) is 59.2 Å². The molecule has 1 aliphatic heterocycles. The standard InChI is InChI=1S/C32H37N5O4/c1-21(2)17-25-20-40-29(33-25)28-24(18-23-11-8-10-22-9-6-7-12-26(22)23)19-27(34-35-28)30(38)36-13-15-37(16-14-36)31(39)41-32(3,4)5/h6-12,19-21H,13-18H2,1-5H3. The number of carbonyl (C=O) groups is 2. The van der Waals surface area contributed by atoms with Gasteiger partial charge in [0, 0.05) is 32.6 Å². The molecule has 3 heterocycles. The fourth-order valence-corrected chi connectivity index (χ4v) is 5.01. The maximum Gasteiger partial charge on any atom is 0.410 e. The molecule has 41 heavy (non-hydrogen) atoms. The van der Waals surface area contributed by atoms with E-state index < -0.39 is 5.60 Å². The number of amides is 2. The van der Waals surface area contributed by atoms with Crippen molar-refractivity contribution < 1.29 is 18.7 Å². The molecular formula is C32H37N5O4. The number of hydrogen-bond donors (Lipinski definition) is 0. The minimum absolute atomic E-state index is 0.222. The van der Waals surface area contributed by atoms with E-state index in [2.05, 4.69) is 53.3 Å². The van der Waals surface area contributed by atoms with E-state index >= 15 is 0 Å². The Morgan fingerprint density at radius 3 is 2.39 bits per heavy atom. The van der Waals surface area contributed by atoms with E-state index in [4.69, 9.17) is 9.15 Å². The van der Waals surface area contributed by atoms with E-state index in [9.17, 15) is 9.59 Å². The van der Waals surface area contributed by atoms with Crippen LogP contribution >= 0.6 is 0 Å². The molecule has 4 aromatic rings. The van der Waals surface area contributed by atoms with Crippen LogP contribution in [0, 0.1) is 5.92 Å². The normalized spacial score (nSPS) is 14.1. The van der Waals surface area contributed by atoms with Gasteiger partial charge < -0.3 is 19.0 Å². The maximum atomic E-state index is 13.5. The lowest BCUT2D eigenvalue weighted by Crippen LogP contribution is -2.51. The number of ether oxygens (including phenoxy) is 1. The number of piperazine rings is 1. The van der Waals surface area contributed by atoms with E-state index in [0.717, 1.165) is 34.0 Å². The zero-order valence-electron chi connectivity index (χ0n) is 24.4. The lowest BCUT2D eigenvalue weighted by molar-refractivity contribution is 0.0140. The first-order valence-corrected chi connectivity index (χ1v) is 14.1. The minimum Gasteiger partial charge on any atom is -0.444 e. The fourth-order valence-electron chi connectivity index (χ4n) is 5.01. The summed E-state index contributed by atoms with van der Waals surface area (Å²) in [5.74, 6) is 0.610. The van der Waals surface area contributed by atoms with Gasteiger partial charge in [0.1, 0.15) is 11.9 Å². The number of fused-ring (bicyclic) bond motifs is 1. The van der Waals surface area contributed by atoms with Crippen LogP contribution in [0.2, 0.25) is 0 Å². The van der Waals surface area contributed by atoms with E-state index in [0.29, 0.717) is 50.1 Å². The summed E-state index contributed by atoms with van der Waals surface area (Å²) >= 11 is 0. The van der Waals surface area contributed by atoms with Crippen molar-refractivity contribution >= 4 is 22.8 Å². The molecule has 2 aromatic carbocycles. The van der Waals surface area contributed by atoms with Gasteiger partial charge in [-0.1, -0.05) is 56.3 Å². The van der Waals surface area contributed by atoms with Gasteiger partial charge in [0.25, 0.3) is 5.91 Å². The lowest BCUT2D eigenvalue weighted by atomic mass is 9.97. The molecule has 0 saturated carbocycles. The molecule has 1 saturated heterocycles. The summed E-state index contributed by atoms with van der Waals surface area (Å²) in [7, 11) is 0. The van der Waals surface area contributed by atoms with E-state index in [1.54, 1.807) is 22.1 Å². The van der Waals surface area contributed by atoms with Crippen molar-refractivity contribution in [2.45, 2.75) is 53.1 Å². The molecule has 0 bridgehead atoms. The monoisotopic (exact) mass is 555 g/mol. The Balaban J connectivity index is 1.42. The van der Waals surface area contributed by atoms with Crippen molar-refractivity contribution in [3.05, 3.63) is 77.3 Å². The van der Waals surface area contributed by atoms with Gasteiger partial charge in [0.15, 0.2) is 11.4 Å². The fraction of sp³-hybridized carbons (Fsp3) is 0.406. The summed E-state index contributed by atoms with van der Waals surface area (Å²) in [4.78, 5) is 34.0. The smallest absolute Gasteiger partial charge is 0.410 e. The predicted octanol–water partition coefficient (Wildman–Crippen LogP) is 5.77. The molecule has 214 valence electrons. The molecule has 0 atom stereocenters. The predicted molar refractivity (Wildman–Crippen MR) is 157 cm³/mol. The molecular weight excluding hydrogens is 518 g/mol. The number of nitrogens with zero attached hydrogens (tertiary/aromatic N) is 5. The Labute approximate surface area is 240 Å². The van der Waals surface area contributed by atoms with Crippen LogP contribution in [0.4, 0.5) is 4.79 Å². The molecule has 2 aromatic heterocycles. The Hall–Kier alpha value is -4.27. The van der Waals surface area contributed by atoms with Gasteiger partial charge in [-0.25, -0.2) is 9.78 Å². The number of rotatable bonds is 6. The van der Waals surface area contributed by atoms with Crippen LogP contribution in [0.1, 0.15) is 61.9 Å². The third-order valence-corrected chi connectivity index (χ3v) is 6.94. The first kappa shape index (κ1) is 28.3. The van der Waals surface area contributed by atoms with Crippen molar-refractivity contribution in [2.24, 2.45) is 5.92 Å². The summed E-state index contributed by atoms with van der Waals surface area (Å²) in [6, 6.07) is 16.2. The molecule has 0 unspecified atom stereocenters. The van der Waals surface area contributed by atoms with Crippen LogP contribution in [-0.4, -0.2) is 68.8 Å². The summed E-state index contributed by atoms with van der Waals surface area (Å²) in [5, 5.41) is 11.1. The van der Waals surface area contributed by atoms with Gasteiger partial charge in [-0.15, -0.1) is 10.2 Å². The van der Waals surface area contributed by atoms with Crippen LogP contribution in [-0.2, 0) is 17.6 Å². The Morgan fingerprint density at radius 2 is 1.66 bits per heavy atom. The van der Waals surface area contributed by atoms with E-state index in [1.807, 2.05) is 39.0 Å². The van der Waals surface area contributed by atoms with Crippen molar-refractivity contribution in [3.8, 4) is 11.6 Å².